The predicted octanol–water partition coefficient (Wildman–Crippen LogP) is -0.980. The van der Waals surface area contributed by atoms with Gasteiger partial charge in [-0.15, -0.1) is 0 Å². The molecule has 1 saturated heterocycles. The van der Waals surface area contributed by atoms with Crippen molar-refractivity contribution in [3.63, 3.8) is 0 Å². The van der Waals surface area contributed by atoms with Crippen molar-refractivity contribution in [2.24, 2.45) is 0 Å². The van der Waals surface area contributed by atoms with Gasteiger partial charge in [-0.25, -0.2) is 0 Å². The van der Waals surface area contributed by atoms with Crippen molar-refractivity contribution >= 4 is 11.6 Å². The number of aliphatic hydroxyl groups excluding tert-OH is 1. The largest absolute Gasteiger partial charge is 0.390 e. The molecule has 0 radical (unpaired) electrons. The van der Waals surface area contributed by atoms with Gasteiger partial charge >= 0.3 is 5.69 Å². The van der Waals surface area contributed by atoms with Gasteiger partial charge in [-0.2, -0.15) is 5.10 Å². The molecular formula is C11H17N5O4. The molecule has 1 aromatic heterocycles. The van der Waals surface area contributed by atoms with Gasteiger partial charge in [0.15, 0.2) is 0 Å². The Bertz CT molecular complexity index is 489. The smallest absolute Gasteiger partial charge is 0.306 e. The first-order chi connectivity index (χ1) is 9.56. The molecule has 2 atom stereocenters. The van der Waals surface area contributed by atoms with Crippen molar-refractivity contribution in [2.45, 2.75) is 31.5 Å². The van der Waals surface area contributed by atoms with E-state index in [-0.39, 0.29) is 30.7 Å². The standard InChI is InChI=1S/C11H17N5O4/c17-9(5-13-10-2-1-3-12-11(10)18)7-15-6-8(4-14-15)16(19)20/h4,6,9-10,13,17H,1-3,5,7H2,(H,12,18). The zero-order chi connectivity index (χ0) is 14.5. The van der Waals surface area contributed by atoms with Gasteiger partial charge in [-0.05, 0) is 12.8 Å². The number of aliphatic hydroxyl groups is 1. The molecule has 2 rings (SSSR count). The van der Waals surface area contributed by atoms with E-state index in [0.29, 0.717) is 6.54 Å². The Balaban J connectivity index is 1.78. The molecule has 1 aliphatic heterocycles. The van der Waals surface area contributed by atoms with E-state index in [1.807, 2.05) is 0 Å². The fourth-order valence-electron chi connectivity index (χ4n) is 2.07. The van der Waals surface area contributed by atoms with Gasteiger partial charge in [-0.1, -0.05) is 0 Å². The van der Waals surface area contributed by atoms with E-state index in [2.05, 4.69) is 15.7 Å². The normalized spacial score (nSPS) is 20.4. The van der Waals surface area contributed by atoms with Gasteiger partial charge in [-0.3, -0.25) is 19.6 Å². The molecule has 9 nitrogen and oxygen atoms in total. The van der Waals surface area contributed by atoms with E-state index in [4.69, 9.17) is 0 Å². The van der Waals surface area contributed by atoms with E-state index in [0.717, 1.165) is 19.0 Å². The minimum absolute atomic E-state index is 0.0572. The van der Waals surface area contributed by atoms with E-state index in [1.165, 1.54) is 10.9 Å². The maximum atomic E-state index is 11.5. The molecule has 20 heavy (non-hydrogen) atoms. The number of aromatic nitrogens is 2. The highest BCUT2D eigenvalue weighted by atomic mass is 16.6. The van der Waals surface area contributed by atoms with Crippen LogP contribution in [0.5, 0.6) is 0 Å². The van der Waals surface area contributed by atoms with Crippen molar-refractivity contribution in [3.8, 4) is 0 Å². The number of hydrogen-bond acceptors (Lipinski definition) is 6. The summed E-state index contributed by atoms with van der Waals surface area (Å²) in [4.78, 5) is 21.5. The van der Waals surface area contributed by atoms with Gasteiger partial charge in [0, 0.05) is 13.1 Å². The Morgan fingerprint density at radius 3 is 3.15 bits per heavy atom. The van der Waals surface area contributed by atoms with Gasteiger partial charge in [0.1, 0.15) is 12.4 Å². The maximum absolute atomic E-state index is 11.5. The number of piperidine rings is 1. The highest BCUT2D eigenvalue weighted by Gasteiger charge is 2.22. The third-order valence-corrected chi connectivity index (χ3v) is 3.11. The second-order valence-electron chi connectivity index (χ2n) is 4.73. The number of carbonyl (C=O) groups is 1. The zero-order valence-electron chi connectivity index (χ0n) is 10.9. The molecule has 1 aliphatic rings. The van der Waals surface area contributed by atoms with Crippen molar-refractivity contribution in [1.82, 2.24) is 20.4 Å². The molecule has 0 spiro atoms. The molecule has 2 heterocycles. The summed E-state index contributed by atoms with van der Waals surface area (Å²) in [5, 5.41) is 29.9. The topological polar surface area (TPSA) is 122 Å². The average molecular weight is 283 g/mol. The highest BCUT2D eigenvalue weighted by Crippen LogP contribution is 2.08. The summed E-state index contributed by atoms with van der Waals surface area (Å²) in [6, 6.07) is -0.287. The van der Waals surface area contributed by atoms with Crippen LogP contribution in [0.25, 0.3) is 0 Å². The first kappa shape index (κ1) is 14.4. The van der Waals surface area contributed by atoms with Crippen molar-refractivity contribution in [3.05, 3.63) is 22.5 Å². The molecule has 2 unspecified atom stereocenters. The number of hydrogen-bond donors (Lipinski definition) is 3. The van der Waals surface area contributed by atoms with Crippen LogP contribution in [0, 0.1) is 10.1 Å². The molecule has 3 N–H and O–H groups in total. The molecule has 1 aromatic rings. The molecule has 0 aliphatic carbocycles. The quantitative estimate of drug-likeness (QED) is 0.455. The van der Waals surface area contributed by atoms with Crippen LogP contribution in [-0.2, 0) is 11.3 Å². The Labute approximate surface area is 115 Å². The summed E-state index contributed by atoms with van der Waals surface area (Å²) in [7, 11) is 0. The summed E-state index contributed by atoms with van der Waals surface area (Å²) in [6.07, 6.45) is 3.27. The van der Waals surface area contributed by atoms with Crippen LogP contribution >= 0.6 is 0 Å². The SMILES string of the molecule is O=C1NCCCC1NCC(O)Cn1cc([N+](=O)[O-])cn1. The van der Waals surface area contributed by atoms with Crippen LogP contribution in [0.4, 0.5) is 5.69 Å². The van der Waals surface area contributed by atoms with E-state index in [9.17, 15) is 20.0 Å². The van der Waals surface area contributed by atoms with Crippen LogP contribution in [0.15, 0.2) is 12.4 Å². The van der Waals surface area contributed by atoms with Crippen LogP contribution in [0.1, 0.15) is 12.8 Å². The monoisotopic (exact) mass is 283 g/mol. The Morgan fingerprint density at radius 1 is 1.70 bits per heavy atom. The van der Waals surface area contributed by atoms with E-state index in [1.54, 1.807) is 0 Å². The Morgan fingerprint density at radius 2 is 2.50 bits per heavy atom. The summed E-state index contributed by atoms with van der Waals surface area (Å²) in [6.45, 7) is 1.05. The van der Waals surface area contributed by atoms with Crippen LogP contribution in [-0.4, -0.2) is 51.0 Å². The second-order valence-corrected chi connectivity index (χ2v) is 4.73. The van der Waals surface area contributed by atoms with Crippen LogP contribution < -0.4 is 10.6 Å². The van der Waals surface area contributed by atoms with Crippen molar-refractivity contribution < 1.29 is 14.8 Å². The third kappa shape index (κ3) is 3.75. The molecule has 9 heteroatoms. The first-order valence-electron chi connectivity index (χ1n) is 6.42. The van der Waals surface area contributed by atoms with Gasteiger partial charge in [0.05, 0.1) is 23.6 Å². The molecule has 0 aromatic carbocycles. The Kier molecular flexibility index (Phi) is 4.64. The maximum Gasteiger partial charge on any atom is 0.306 e. The van der Waals surface area contributed by atoms with Crippen molar-refractivity contribution in [2.75, 3.05) is 13.1 Å². The van der Waals surface area contributed by atoms with Gasteiger partial charge in [0.25, 0.3) is 0 Å². The highest BCUT2D eigenvalue weighted by molar-refractivity contribution is 5.82. The van der Waals surface area contributed by atoms with Crippen LogP contribution in [0.2, 0.25) is 0 Å². The van der Waals surface area contributed by atoms with Crippen LogP contribution in [0.3, 0.4) is 0 Å². The van der Waals surface area contributed by atoms with Gasteiger partial charge < -0.3 is 15.7 Å². The number of nitrogens with zero attached hydrogens (tertiary/aromatic N) is 3. The average Bonchev–Trinajstić information content (AvgIpc) is 2.86. The molecule has 0 bridgehead atoms. The minimum Gasteiger partial charge on any atom is -0.390 e. The lowest BCUT2D eigenvalue weighted by Gasteiger charge is -2.24. The molecular weight excluding hydrogens is 266 g/mol. The summed E-state index contributed by atoms with van der Waals surface area (Å²) < 4.78 is 1.31. The minimum atomic E-state index is -0.774. The summed E-state index contributed by atoms with van der Waals surface area (Å²) >= 11 is 0. The lowest BCUT2D eigenvalue weighted by molar-refractivity contribution is -0.385. The zero-order valence-corrected chi connectivity index (χ0v) is 10.9. The Hall–Kier alpha value is -2.00. The number of nitro groups is 1. The third-order valence-electron chi connectivity index (χ3n) is 3.11. The fraction of sp³-hybridized carbons (Fsp3) is 0.636. The summed E-state index contributed by atoms with van der Waals surface area (Å²) in [5.41, 5.74) is -0.114. The second kappa shape index (κ2) is 6.44. The number of rotatable bonds is 6. The molecule has 1 fully saturated rings. The fourth-order valence-corrected chi connectivity index (χ4v) is 2.07. The summed E-state index contributed by atoms with van der Waals surface area (Å²) in [5.74, 6) is -0.0572. The predicted molar refractivity (Wildman–Crippen MR) is 68.9 cm³/mol. The lowest BCUT2D eigenvalue weighted by Crippen LogP contribution is -2.50. The van der Waals surface area contributed by atoms with E-state index >= 15 is 0 Å². The molecule has 1 amide bonds. The first-order valence-corrected chi connectivity index (χ1v) is 6.42. The number of amides is 1. The number of carbonyl (C=O) groups excluding carboxylic acids is 1. The van der Waals surface area contributed by atoms with E-state index < -0.39 is 11.0 Å². The number of nitrogens with one attached hydrogen (secondary N) is 2. The molecule has 0 saturated carbocycles. The van der Waals surface area contributed by atoms with Crippen molar-refractivity contribution in [1.29, 1.82) is 0 Å². The molecule has 110 valence electrons. The van der Waals surface area contributed by atoms with Gasteiger partial charge in [0.2, 0.25) is 5.91 Å². The lowest BCUT2D eigenvalue weighted by atomic mass is 10.1.